The molecular weight excluding hydrogens is 252 g/mol. The molecule has 0 bridgehead atoms. The zero-order valence-corrected chi connectivity index (χ0v) is 10.5. The van der Waals surface area contributed by atoms with Gasteiger partial charge >= 0.3 is 0 Å². The van der Waals surface area contributed by atoms with E-state index < -0.39 is 5.38 Å². The minimum Gasteiger partial charge on any atom is -0.420 e. The first-order chi connectivity index (χ1) is 8.84. The molecule has 94 valence electrons. The first-order valence-corrected chi connectivity index (χ1v) is 6.42. The summed E-state index contributed by atoms with van der Waals surface area (Å²) in [4.78, 5) is 0. The van der Waals surface area contributed by atoms with Gasteiger partial charge in [0.25, 0.3) is 0 Å². The average Bonchev–Trinajstić information content (AvgIpc) is 3.09. The molecule has 2 heterocycles. The highest BCUT2D eigenvalue weighted by Gasteiger charge is 2.25. The smallest absolute Gasteiger partial charge is 0.245 e. The molecule has 1 fully saturated rings. The summed E-state index contributed by atoms with van der Waals surface area (Å²) in [5.41, 5.74) is 0.946. The van der Waals surface area contributed by atoms with Crippen molar-refractivity contribution in [3.05, 3.63) is 47.7 Å². The van der Waals surface area contributed by atoms with E-state index in [2.05, 4.69) is 10.2 Å². The minimum atomic E-state index is -0.408. The molecule has 1 aromatic carbocycles. The van der Waals surface area contributed by atoms with E-state index in [0.717, 1.165) is 25.0 Å². The van der Waals surface area contributed by atoms with Gasteiger partial charge < -0.3 is 9.15 Å². The molecule has 0 spiro atoms. The Morgan fingerprint density at radius 1 is 1.22 bits per heavy atom. The highest BCUT2D eigenvalue weighted by molar-refractivity contribution is 6.22. The monoisotopic (exact) mass is 264 g/mol. The second kappa shape index (κ2) is 5.08. The lowest BCUT2D eigenvalue weighted by molar-refractivity contribution is 0.0881. The summed E-state index contributed by atoms with van der Waals surface area (Å²) in [6.45, 7) is 0.755. The highest BCUT2D eigenvalue weighted by atomic mass is 35.5. The van der Waals surface area contributed by atoms with Gasteiger partial charge in [-0.2, -0.15) is 0 Å². The van der Waals surface area contributed by atoms with Crippen LogP contribution >= 0.6 is 11.6 Å². The van der Waals surface area contributed by atoms with Crippen LogP contribution in [0.3, 0.4) is 0 Å². The lowest BCUT2D eigenvalue weighted by atomic mass is 10.1. The molecule has 1 aliphatic rings. The Morgan fingerprint density at radius 2 is 2.06 bits per heavy atom. The Hall–Kier alpha value is -1.39. The Labute approximate surface area is 110 Å². The van der Waals surface area contributed by atoms with Crippen LogP contribution in [-0.2, 0) is 4.74 Å². The standard InChI is InChI=1S/C13H13ClN2O2/c14-11(9-5-2-1-3-6-9)13-16-15-12(18-13)10-7-4-8-17-10/h1-3,5-6,10-11H,4,7-8H2. The van der Waals surface area contributed by atoms with E-state index in [1.807, 2.05) is 30.3 Å². The van der Waals surface area contributed by atoms with Crippen molar-refractivity contribution < 1.29 is 9.15 Å². The predicted molar refractivity (Wildman–Crippen MR) is 66.4 cm³/mol. The number of nitrogens with zero attached hydrogens (tertiary/aromatic N) is 2. The molecule has 2 unspecified atom stereocenters. The Bertz CT molecular complexity index is 509. The van der Waals surface area contributed by atoms with E-state index in [-0.39, 0.29) is 6.10 Å². The molecule has 18 heavy (non-hydrogen) atoms. The zero-order valence-electron chi connectivity index (χ0n) is 9.75. The second-order valence-electron chi connectivity index (χ2n) is 4.25. The van der Waals surface area contributed by atoms with Crippen LogP contribution in [0.5, 0.6) is 0 Å². The number of halogens is 1. The zero-order chi connectivity index (χ0) is 12.4. The lowest BCUT2D eigenvalue weighted by Crippen LogP contribution is -1.95. The van der Waals surface area contributed by atoms with Gasteiger partial charge in [0.05, 0.1) is 0 Å². The van der Waals surface area contributed by atoms with E-state index >= 15 is 0 Å². The summed E-state index contributed by atoms with van der Waals surface area (Å²) in [5.74, 6) is 0.956. The van der Waals surface area contributed by atoms with Crippen molar-refractivity contribution in [3.63, 3.8) is 0 Å². The second-order valence-corrected chi connectivity index (χ2v) is 4.69. The molecule has 3 rings (SSSR count). The van der Waals surface area contributed by atoms with E-state index in [0.29, 0.717) is 11.8 Å². The van der Waals surface area contributed by atoms with E-state index in [4.69, 9.17) is 20.8 Å². The Kier molecular flexibility index (Phi) is 3.30. The predicted octanol–water partition coefficient (Wildman–Crippen LogP) is 3.25. The SMILES string of the molecule is ClC(c1ccccc1)c1nnc(C2CCCO2)o1. The van der Waals surface area contributed by atoms with Crippen molar-refractivity contribution in [3.8, 4) is 0 Å². The first kappa shape index (κ1) is 11.7. The van der Waals surface area contributed by atoms with Gasteiger partial charge in [-0.15, -0.1) is 21.8 Å². The fourth-order valence-corrected chi connectivity index (χ4v) is 2.25. The molecule has 1 saturated heterocycles. The van der Waals surface area contributed by atoms with Crippen LogP contribution in [0, 0.1) is 0 Å². The fourth-order valence-electron chi connectivity index (χ4n) is 2.02. The summed E-state index contributed by atoms with van der Waals surface area (Å²) in [7, 11) is 0. The number of benzene rings is 1. The summed E-state index contributed by atoms with van der Waals surface area (Å²) in [5, 5.41) is 7.62. The minimum absolute atomic E-state index is 0.0640. The van der Waals surface area contributed by atoms with Crippen LogP contribution in [0.1, 0.15) is 41.7 Å². The number of alkyl halides is 1. The molecule has 0 amide bonds. The molecule has 4 nitrogen and oxygen atoms in total. The van der Waals surface area contributed by atoms with E-state index in [9.17, 15) is 0 Å². The van der Waals surface area contributed by atoms with Gasteiger partial charge in [0.15, 0.2) is 0 Å². The molecule has 2 aromatic rings. The highest BCUT2D eigenvalue weighted by Crippen LogP contribution is 2.32. The number of hydrogen-bond donors (Lipinski definition) is 0. The van der Waals surface area contributed by atoms with Gasteiger partial charge in [-0.3, -0.25) is 0 Å². The van der Waals surface area contributed by atoms with Gasteiger partial charge in [-0.1, -0.05) is 30.3 Å². The normalized spacial score (nSPS) is 21.1. The summed E-state index contributed by atoms with van der Waals surface area (Å²) in [6, 6.07) is 9.68. The molecule has 1 aromatic heterocycles. The molecule has 5 heteroatoms. The maximum absolute atomic E-state index is 6.31. The molecule has 2 atom stereocenters. The largest absolute Gasteiger partial charge is 0.420 e. The molecule has 0 aliphatic carbocycles. The van der Waals surface area contributed by atoms with Crippen molar-refractivity contribution in [2.45, 2.75) is 24.3 Å². The van der Waals surface area contributed by atoms with E-state index in [1.54, 1.807) is 0 Å². The number of ether oxygens (including phenoxy) is 1. The first-order valence-electron chi connectivity index (χ1n) is 5.98. The third-order valence-electron chi connectivity index (χ3n) is 2.97. The summed E-state index contributed by atoms with van der Waals surface area (Å²) < 4.78 is 11.1. The van der Waals surface area contributed by atoms with Crippen LogP contribution < -0.4 is 0 Å². The molecule has 0 radical (unpaired) electrons. The third kappa shape index (κ3) is 2.26. The lowest BCUT2D eigenvalue weighted by Gasteiger charge is -2.05. The van der Waals surface area contributed by atoms with E-state index in [1.165, 1.54) is 0 Å². The van der Waals surface area contributed by atoms with Crippen molar-refractivity contribution in [1.82, 2.24) is 10.2 Å². The maximum atomic E-state index is 6.31. The van der Waals surface area contributed by atoms with Crippen molar-refractivity contribution in [2.24, 2.45) is 0 Å². The summed E-state index contributed by atoms with van der Waals surface area (Å²) in [6.07, 6.45) is 1.90. The van der Waals surface area contributed by atoms with Crippen LogP contribution in [0.2, 0.25) is 0 Å². The van der Waals surface area contributed by atoms with Crippen LogP contribution in [0.25, 0.3) is 0 Å². The molecule has 0 N–H and O–H groups in total. The Morgan fingerprint density at radius 3 is 2.78 bits per heavy atom. The Balaban J connectivity index is 1.80. The van der Waals surface area contributed by atoms with Crippen LogP contribution in [-0.4, -0.2) is 16.8 Å². The number of hydrogen-bond acceptors (Lipinski definition) is 4. The topological polar surface area (TPSA) is 48.2 Å². The van der Waals surface area contributed by atoms with Gasteiger partial charge in [0.2, 0.25) is 11.8 Å². The average molecular weight is 265 g/mol. The van der Waals surface area contributed by atoms with Crippen LogP contribution in [0.15, 0.2) is 34.7 Å². The number of aromatic nitrogens is 2. The third-order valence-corrected chi connectivity index (χ3v) is 3.41. The maximum Gasteiger partial charge on any atom is 0.245 e. The van der Waals surface area contributed by atoms with Crippen molar-refractivity contribution in [1.29, 1.82) is 0 Å². The quantitative estimate of drug-likeness (QED) is 0.799. The van der Waals surface area contributed by atoms with Gasteiger partial charge in [-0.25, -0.2) is 0 Å². The van der Waals surface area contributed by atoms with Gasteiger partial charge in [0.1, 0.15) is 11.5 Å². The fraction of sp³-hybridized carbons (Fsp3) is 0.385. The number of rotatable bonds is 3. The molecular formula is C13H13ClN2O2. The van der Waals surface area contributed by atoms with Crippen molar-refractivity contribution in [2.75, 3.05) is 6.61 Å². The van der Waals surface area contributed by atoms with Gasteiger partial charge in [0, 0.05) is 6.61 Å². The van der Waals surface area contributed by atoms with Crippen molar-refractivity contribution >= 4 is 11.6 Å². The molecule has 0 saturated carbocycles. The van der Waals surface area contributed by atoms with Crippen LogP contribution in [0.4, 0.5) is 0 Å². The summed E-state index contributed by atoms with van der Waals surface area (Å²) >= 11 is 6.31. The van der Waals surface area contributed by atoms with Gasteiger partial charge in [-0.05, 0) is 18.4 Å². The molecule has 1 aliphatic heterocycles.